The molecule has 0 aliphatic carbocycles. The smallest absolute Gasteiger partial charge is 0.256 e. The Morgan fingerprint density at radius 3 is 2.25 bits per heavy atom. The van der Waals surface area contributed by atoms with E-state index in [1.54, 1.807) is 0 Å². The summed E-state index contributed by atoms with van der Waals surface area (Å²) < 4.78 is 52.2. The number of benzene rings is 2. The summed E-state index contributed by atoms with van der Waals surface area (Å²) in [5.74, 6) is -5.12. The molecule has 0 aromatic heterocycles. The largest absolute Gasteiger partial charge is 0.319 e. The number of rotatable bonds is 2. The van der Waals surface area contributed by atoms with E-state index in [0.29, 0.717) is 12.1 Å². The third-order valence-corrected chi connectivity index (χ3v) is 3.09. The van der Waals surface area contributed by atoms with E-state index in [9.17, 15) is 22.4 Å². The Labute approximate surface area is 119 Å². The first-order valence-corrected chi connectivity index (χ1v) is 6.08. The summed E-state index contributed by atoms with van der Waals surface area (Å²) in [4.78, 5) is 11.8. The number of hydrogen-bond acceptors (Lipinski definition) is 1. The van der Waals surface area contributed by atoms with Crippen LogP contribution >= 0.6 is 15.9 Å². The van der Waals surface area contributed by atoms with Crippen LogP contribution in [0.15, 0.2) is 34.8 Å². The van der Waals surface area contributed by atoms with Crippen LogP contribution < -0.4 is 5.32 Å². The number of carbonyl (C=O) groups is 1. The lowest BCUT2D eigenvalue weighted by Gasteiger charge is -2.08. The van der Waals surface area contributed by atoms with Gasteiger partial charge in [-0.15, -0.1) is 0 Å². The SMILES string of the molecule is O=C(Nc1cc(F)c(F)cc1F)c1ccc(F)cc1Br. The highest BCUT2D eigenvalue weighted by molar-refractivity contribution is 9.10. The molecule has 0 saturated carbocycles. The number of amides is 1. The molecule has 0 atom stereocenters. The first-order valence-electron chi connectivity index (χ1n) is 5.29. The molecule has 0 aliphatic rings. The lowest BCUT2D eigenvalue weighted by Crippen LogP contribution is -2.14. The summed E-state index contributed by atoms with van der Waals surface area (Å²) >= 11 is 2.98. The van der Waals surface area contributed by atoms with Gasteiger partial charge < -0.3 is 5.32 Å². The topological polar surface area (TPSA) is 29.1 Å². The Morgan fingerprint density at radius 1 is 0.950 bits per heavy atom. The average molecular weight is 348 g/mol. The molecule has 7 heteroatoms. The van der Waals surface area contributed by atoms with Crippen LogP contribution in [0.1, 0.15) is 10.4 Å². The number of carbonyl (C=O) groups excluding carboxylic acids is 1. The minimum atomic E-state index is -1.36. The molecule has 1 N–H and O–H groups in total. The second-order valence-corrected chi connectivity index (χ2v) is 4.68. The van der Waals surface area contributed by atoms with Gasteiger partial charge in [0.2, 0.25) is 0 Å². The van der Waals surface area contributed by atoms with E-state index in [-0.39, 0.29) is 10.0 Å². The van der Waals surface area contributed by atoms with Crippen molar-refractivity contribution in [3.8, 4) is 0 Å². The van der Waals surface area contributed by atoms with Gasteiger partial charge in [-0.25, -0.2) is 17.6 Å². The Bertz CT molecular complexity index is 690. The van der Waals surface area contributed by atoms with Gasteiger partial charge in [0.15, 0.2) is 11.6 Å². The van der Waals surface area contributed by atoms with Crippen LogP contribution in [0.2, 0.25) is 0 Å². The number of nitrogens with one attached hydrogen (secondary N) is 1. The van der Waals surface area contributed by atoms with Crippen LogP contribution in [0, 0.1) is 23.3 Å². The van der Waals surface area contributed by atoms with Crippen LogP contribution in [0.3, 0.4) is 0 Å². The fraction of sp³-hybridized carbons (Fsp3) is 0. The lowest BCUT2D eigenvalue weighted by atomic mass is 10.2. The monoisotopic (exact) mass is 347 g/mol. The molecule has 0 heterocycles. The normalized spacial score (nSPS) is 10.4. The third-order valence-electron chi connectivity index (χ3n) is 2.43. The van der Waals surface area contributed by atoms with Gasteiger partial charge in [-0.05, 0) is 34.1 Å². The first-order chi connectivity index (χ1) is 9.38. The minimum absolute atomic E-state index is 0.0236. The van der Waals surface area contributed by atoms with E-state index in [2.05, 4.69) is 21.2 Å². The molecular weight excluding hydrogens is 342 g/mol. The lowest BCUT2D eigenvalue weighted by molar-refractivity contribution is 0.102. The predicted octanol–water partition coefficient (Wildman–Crippen LogP) is 4.26. The van der Waals surface area contributed by atoms with Gasteiger partial charge in [0.05, 0.1) is 11.3 Å². The molecule has 2 nitrogen and oxygen atoms in total. The second kappa shape index (κ2) is 5.62. The summed E-state index contributed by atoms with van der Waals surface area (Å²) in [7, 11) is 0. The zero-order chi connectivity index (χ0) is 14.9. The second-order valence-electron chi connectivity index (χ2n) is 3.82. The maximum atomic E-state index is 13.4. The maximum Gasteiger partial charge on any atom is 0.256 e. The molecule has 0 bridgehead atoms. The molecule has 2 aromatic rings. The average Bonchev–Trinajstić information content (AvgIpc) is 2.35. The molecule has 0 spiro atoms. The van der Waals surface area contributed by atoms with Crippen molar-refractivity contribution in [3.05, 3.63) is 63.6 Å². The van der Waals surface area contributed by atoms with Crippen LogP contribution in [0.5, 0.6) is 0 Å². The highest BCUT2D eigenvalue weighted by Gasteiger charge is 2.15. The van der Waals surface area contributed by atoms with Crippen LogP contribution in [0.25, 0.3) is 0 Å². The fourth-order valence-electron chi connectivity index (χ4n) is 1.48. The molecule has 20 heavy (non-hydrogen) atoms. The summed E-state index contributed by atoms with van der Waals surface area (Å²) in [6.45, 7) is 0. The van der Waals surface area contributed by atoms with Crippen LogP contribution in [-0.2, 0) is 0 Å². The van der Waals surface area contributed by atoms with E-state index in [1.165, 1.54) is 6.07 Å². The Balaban J connectivity index is 2.30. The summed E-state index contributed by atoms with van der Waals surface area (Å²) in [5.41, 5.74) is -0.486. The molecule has 2 rings (SSSR count). The molecule has 0 unspecified atom stereocenters. The molecule has 0 saturated heterocycles. The van der Waals surface area contributed by atoms with E-state index in [1.807, 2.05) is 0 Å². The van der Waals surface area contributed by atoms with Gasteiger partial charge in [0, 0.05) is 16.6 Å². The number of anilines is 1. The highest BCUT2D eigenvalue weighted by atomic mass is 79.9. The van der Waals surface area contributed by atoms with Crippen molar-refractivity contribution in [1.82, 2.24) is 0 Å². The van der Waals surface area contributed by atoms with Crippen molar-refractivity contribution < 1.29 is 22.4 Å². The Kier molecular flexibility index (Phi) is 4.08. The predicted molar refractivity (Wildman–Crippen MR) is 68.4 cm³/mol. The molecular formula is C13H6BrF4NO. The van der Waals surface area contributed by atoms with E-state index in [0.717, 1.165) is 12.1 Å². The van der Waals surface area contributed by atoms with Crippen molar-refractivity contribution >= 4 is 27.5 Å². The van der Waals surface area contributed by atoms with Gasteiger partial charge in [0.25, 0.3) is 5.91 Å². The molecule has 0 fully saturated rings. The van der Waals surface area contributed by atoms with Crippen molar-refractivity contribution in [2.75, 3.05) is 5.32 Å². The number of halogens is 5. The Morgan fingerprint density at radius 2 is 1.60 bits per heavy atom. The van der Waals surface area contributed by atoms with Crippen molar-refractivity contribution in [2.24, 2.45) is 0 Å². The summed E-state index contributed by atoms with van der Waals surface area (Å²) in [6, 6.07) is 4.12. The standard InChI is InChI=1S/C13H6BrF4NO/c14-8-3-6(15)1-2-7(8)13(20)19-12-5-10(17)9(16)4-11(12)18/h1-5H,(H,19,20). The highest BCUT2D eigenvalue weighted by Crippen LogP contribution is 2.22. The quantitative estimate of drug-likeness (QED) is 0.638. The maximum absolute atomic E-state index is 13.4. The number of hydrogen-bond donors (Lipinski definition) is 1. The molecule has 0 aliphatic heterocycles. The summed E-state index contributed by atoms with van der Waals surface area (Å²) in [6.07, 6.45) is 0. The van der Waals surface area contributed by atoms with Crippen molar-refractivity contribution in [3.63, 3.8) is 0 Å². The fourth-order valence-corrected chi connectivity index (χ4v) is 2.01. The van der Waals surface area contributed by atoms with E-state index in [4.69, 9.17) is 0 Å². The van der Waals surface area contributed by atoms with Crippen LogP contribution in [0.4, 0.5) is 23.2 Å². The van der Waals surface area contributed by atoms with Crippen LogP contribution in [-0.4, -0.2) is 5.91 Å². The Hall–Kier alpha value is -1.89. The first kappa shape index (κ1) is 14.5. The van der Waals surface area contributed by atoms with Gasteiger partial charge in [-0.3, -0.25) is 4.79 Å². The van der Waals surface area contributed by atoms with Crippen molar-refractivity contribution in [1.29, 1.82) is 0 Å². The van der Waals surface area contributed by atoms with Gasteiger partial charge in [0.1, 0.15) is 11.6 Å². The molecule has 1 amide bonds. The van der Waals surface area contributed by atoms with E-state index >= 15 is 0 Å². The molecule has 2 aromatic carbocycles. The zero-order valence-corrected chi connectivity index (χ0v) is 11.3. The third kappa shape index (κ3) is 2.98. The zero-order valence-electron chi connectivity index (χ0n) is 9.68. The van der Waals surface area contributed by atoms with E-state index < -0.39 is 34.9 Å². The van der Waals surface area contributed by atoms with Gasteiger partial charge in [-0.1, -0.05) is 0 Å². The molecule has 0 radical (unpaired) electrons. The minimum Gasteiger partial charge on any atom is -0.319 e. The van der Waals surface area contributed by atoms with Crippen molar-refractivity contribution in [2.45, 2.75) is 0 Å². The summed E-state index contributed by atoms with van der Waals surface area (Å²) in [5, 5.41) is 2.08. The van der Waals surface area contributed by atoms with Gasteiger partial charge in [-0.2, -0.15) is 0 Å². The van der Waals surface area contributed by atoms with Gasteiger partial charge >= 0.3 is 0 Å². The molecule has 104 valence electrons.